The summed E-state index contributed by atoms with van der Waals surface area (Å²) in [6, 6.07) is -1.85. The molecule has 0 aromatic heterocycles. The van der Waals surface area contributed by atoms with Gasteiger partial charge in [-0.15, -0.1) is 0 Å². The van der Waals surface area contributed by atoms with Crippen molar-refractivity contribution in [2.75, 3.05) is 11.5 Å². The Bertz CT molecular complexity index is 192. The largest absolute Gasteiger partial charge is 1.00 e. The first-order valence-electron chi connectivity index (χ1n) is 3.51. The number of carboxylic acid groups (broad SMARTS) is 2. The molecule has 0 rings (SSSR count). The molecule has 6 N–H and O–H groups in total. The molecule has 0 heterocycles. The molecule has 0 aromatic carbocycles. The van der Waals surface area contributed by atoms with Crippen molar-refractivity contribution in [2.45, 2.75) is 12.1 Å². The van der Waals surface area contributed by atoms with E-state index in [1.807, 2.05) is 0 Å². The predicted octanol–water partition coefficient (Wildman–Crippen LogP) is -10.4. The minimum absolute atomic E-state index is 0. The Hall–Kier alpha value is 2.96. The third kappa shape index (κ3) is 37.3. The normalized spacial score (nSPS) is 9.40. The molecule has 0 aliphatic heterocycles. The van der Waals surface area contributed by atoms with E-state index in [1.54, 1.807) is 0 Å². The number of aliphatic carboxylic acids is 2. The molecule has 2 atom stereocenters. The number of carbonyl (C=O) groups excluding carboxylic acids is 2. The van der Waals surface area contributed by atoms with E-state index >= 15 is 0 Å². The maximum absolute atomic E-state index is 9.65. The van der Waals surface area contributed by atoms with Gasteiger partial charge in [0, 0.05) is 11.5 Å². The number of thiol groups is 2. The summed E-state index contributed by atoms with van der Waals surface area (Å²) in [5, 5.41) is 19.3. The minimum Gasteiger partial charge on any atom is -0.870 e. The van der Waals surface area contributed by atoms with Crippen molar-refractivity contribution in [1.82, 2.24) is 0 Å². The number of rotatable bonds is 4. The topological polar surface area (TPSA) is 192 Å². The molecule has 0 radical (unpaired) electrons. The number of hydrogen-bond donors (Lipinski definition) is 4. The average molecular weight is 536 g/mol. The van der Waals surface area contributed by atoms with Crippen LogP contribution in [0.1, 0.15) is 0 Å². The molecule has 0 aromatic rings. The number of hydrogen-bond acceptors (Lipinski definition) is 10. The van der Waals surface area contributed by atoms with Crippen LogP contribution in [0, 0.1) is 0 Å². The summed E-state index contributed by atoms with van der Waals surface area (Å²) in [6.45, 7) is 0. The van der Waals surface area contributed by atoms with Crippen LogP contribution in [0.3, 0.4) is 0 Å². The summed E-state index contributed by atoms with van der Waals surface area (Å²) in [5.74, 6) is -2.25. The molecule has 0 unspecified atom stereocenters. The third-order valence-electron chi connectivity index (χ3n) is 0.999. The fourth-order valence-electron chi connectivity index (χ4n) is 0.149. The van der Waals surface area contributed by atoms with Gasteiger partial charge in [-0.1, -0.05) is 0 Å². The van der Waals surface area contributed by atoms with Crippen LogP contribution in [0.25, 0.3) is 0 Å². The van der Waals surface area contributed by atoms with E-state index in [4.69, 9.17) is 11.5 Å². The van der Waals surface area contributed by atoms with E-state index in [1.165, 1.54) is 0 Å². The molecule has 0 spiro atoms. The molecule has 0 bridgehead atoms. The maximum Gasteiger partial charge on any atom is 1.00 e. The zero-order valence-electron chi connectivity index (χ0n) is 10.7. The first kappa shape index (κ1) is 49.5. The average Bonchev–Trinajstić information content (AvgIpc) is 2.15. The Labute approximate surface area is 204 Å². The van der Waals surface area contributed by atoms with Crippen molar-refractivity contribution < 1.29 is 135 Å². The van der Waals surface area contributed by atoms with Gasteiger partial charge in [-0.2, -0.15) is 25.3 Å². The van der Waals surface area contributed by atoms with Crippen LogP contribution in [-0.2, 0) is 54.3 Å². The van der Waals surface area contributed by atoms with Gasteiger partial charge in [0.2, 0.25) is 0 Å². The van der Waals surface area contributed by atoms with E-state index in [-0.39, 0.29) is 126 Å². The Morgan fingerprint density at radius 3 is 1.00 bits per heavy atom. The monoisotopic (exact) mass is 534 g/mol. The van der Waals surface area contributed by atoms with Crippen LogP contribution >= 0.6 is 25.3 Å². The van der Waals surface area contributed by atoms with Gasteiger partial charge in [-0.25, -0.2) is 0 Å². The second-order valence-electron chi connectivity index (χ2n) is 2.22. The Morgan fingerprint density at radius 2 is 1.00 bits per heavy atom. The van der Waals surface area contributed by atoms with Crippen molar-refractivity contribution in [3.8, 4) is 0 Å². The zero-order valence-corrected chi connectivity index (χ0v) is 19.5. The molecule has 120 valence electrons. The number of carboxylic acids is 2. The minimum atomic E-state index is -1.25. The molecule has 0 amide bonds. The Balaban J connectivity index is -0.0000000185. The third-order valence-corrected chi connectivity index (χ3v) is 1.79. The van der Waals surface area contributed by atoms with Crippen LogP contribution < -0.4 is 80.8 Å². The van der Waals surface area contributed by atoms with Gasteiger partial charge in [0.05, 0.1) is 24.0 Å². The van der Waals surface area contributed by atoms with Crippen LogP contribution in [0.5, 0.6) is 0 Å². The van der Waals surface area contributed by atoms with Gasteiger partial charge >= 0.3 is 104 Å². The van der Waals surface area contributed by atoms with Crippen LogP contribution in [-0.4, -0.2) is 46.5 Å². The fourth-order valence-corrected chi connectivity index (χ4v) is 0.447. The molecule has 0 saturated heterocycles. The van der Waals surface area contributed by atoms with Crippen molar-refractivity contribution in [3.63, 3.8) is 0 Å². The molecular formula is C6H14Ag2N2Na2O6S2. The first-order chi connectivity index (χ1) is 6.36. The summed E-state index contributed by atoms with van der Waals surface area (Å²) in [7, 11) is 0. The molecule has 0 saturated carbocycles. The summed E-state index contributed by atoms with van der Waals surface area (Å²) >= 11 is 7.22. The fraction of sp³-hybridized carbons (Fsp3) is 0.667. The Morgan fingerprint density at radius 1 is 0.850 bits per heavy atom. The van der Waals surface area contributed by atoms with Gasteiger partial charge in [0.1, 0.15) is 0 Å². The maximum atomic E-state index is 9.65. The SMILES string of the molecule is N[C@@H](CS)C(=O)[O-].N[C@@H](CS)C(=O)[O-].[Ag+].[Ag+].[Na+].[Na+].[OH-].[OH-]. The quantitative estimate of drug-likeness (QED) is 0.201. The van der Waals surface area contributed by atoms with Crippen LogP contribution in [0.2, 0.25) is 0 Å². The van der Waals surface area contributed by atoms with Gasteiger partial charge in [0.15, 0.2) is 0 Å². The van der Waals surface area contributed by atoms with E-state index in [2.05, 4.69) is 25.3 Å². The first-order valence-corrected chi connectivity index (χ1v) is 4.77. The van der Waals surface area contributed by atoms with Crippen LogP contribution in [0.4, 0.5) is 0 Å². The smallest absolute Gasteiger partial charge is 0.870 e. The second-order valence-corrected chi connectivity index (χ2v) is 2.95. The molecule has 0 fully saturated rings. The van der Waals surface area contributed by atoms with E-state index in [0.29, 0.717) is 0 Å². The molecule has 0 aliphatic carbocycles. The standard InChI is InChI=1S/2C3H7NO2S.2Ag.2Na.2H2O/c2*4-2(1-7)3(5)6;;;;;;/h2*2,7H,1,4H2,(H,5,6);;;;;2*1H2/q;;4*+1;;/p-4/t2*2-;;;;;;/m00....../s1. The van der Waals surface area contributed by atoms with Crippen LogP contribution in [0.15, 0.2) is 0 Å². The van der Waals surface area contributed by atoms with E-state index < -0.39 is 24.0 Å². The van der Waals surface area contributed by atoms with Gasteiger partial charge in [-0.05, 0) is 0 Å². The van der Waals surface area contributed by atoms with Gasteiger partial charge in [-0.3, -0.25) is 0 Å². The zero-order chi connectivity index (χ0) is 11.7. The number of nitrogens with two attached hydrogens (primary N) is 2. The predicted molar refractivity (Wildman–Crippen MR) is 57.5 cm³/mol. The summed E-state index contributed by atoms with van der Waals surface area (Å²) in [4.78, 5) is 19.3. The van der Waals surface area contributed by atoms with Gasteiger partial charge in [0.25, 0.3) is 0 Å². The summed E-state index contributed by atoms with van der Waals surface area (Å²) < 4.78 is 0. The van der Waals surface area contributed by atoms with E-state index in [0.717, 1.165) is 0 Å². The Kier molecular flexibility index (Phi) is 83.0. The van der Waals surface area contributed by atoms with Crippen molar-refractivity contribution in [3.05, 3.63) is 0 Å². The molecule has 20 heavy (non-hydrogen) atoms. The van der Waals surface area contributed by atoms with E-state index in [9.17, 15) is 19.8 Å². The van der Waals surface area contributed by atoms with Crippen molar-refractivity contribution in [2.24, 2.45) is 11.5 Å². The molecular weight excluding hydrogens is 522 g/mol. The molecule has 14 heteroatoms. The molecule has 8 nitrogen and oxygen atoms in total. The van der Waals surface area contributed by atoms with Gasteiger partial charge < -0.3 is 42.2 Å². The van der Waals surface area contributed by atoms with Crippen molar-refractivity contribution in [1.29, 1.82) is 0 Å². The summed E-state index contributed by atoms with van der Waals surface area (Å²) in [5.41, 5.74) is 9.75. The van der Waals surface area contributed by atoms with Crippen molar-refractivity contribution >= 4 is 37.2 Å². The summed E-state index contributed by atoms with van der Waals surface area (Å²) in [6.07, 6.45) is 0. The number of carbonyl (C=O) groups is 2. The molecule has 0 aliphatic rings. The second kappa shape index (κ2) is 33.5.